The van der Waals surface area contributed by atoms with Gasteiger partial charge in [-0.15, -0.1) is 0 Å². The Morgan fingerprint density at radius 1 is 0.471 bits per heavy atom. The van der Waals surface area contributed by atoms with Gasteiger partial charge in [-0.2, -0.15) is 0 Å². The number of aldehydes is 1. The molecule has 0 fully saturated rings. The van der Waals surface area contributed by atoms with Crippen molar-refractivity contribution in [2.45, 2.75) is 5.92 Å². The fourth-order valence-electron chi connectivity index (χ4n) is 4.63. The van der Waals surface area contributed by atoms with Gasteiger partial charge in [0.2, 0.25) is 0 Å². The summed E-state index contributed by atoms with van der Waals surface area (Å²) in [7, 11) is 0. The van der Waals surface area contributed by atoms with Crippen LogP contribution in [0.1, 0.15) is 49.7 Å². The lowest BCUT2D eigenvalue weighted by Gasteiger charge is -2.21. The first-order chi connectivity index (χ1) is 16.8. The molecule has 0 aliphatic rings. The fraction of sp³-hybridized carbons (Fsp3) is 0.0303. The van der Waals surface area contributed by atoms with Crippen molar-refractivity contribution in [3.63, 3.8) is 0 Å². The van der Waals surface area contributed by atoms with E-state index in [0.29, 0.717) is 5.56 Å². The average molecular weight is 438 g/mol. The maximum atomic E-state index is 12.1. The second kappa shape index (κ2) is 10.1. The maximum Gasteiger partial charge on any atom is 0.155 e. The van der Waals surface area contributed by atoms with E-state index in [2.05, 4.69) is 103 Å². The van der Waals surface area contributed by atoms with Crippen molar-refractivity contribution in [1.82, 2.24) is 0 Å². The van der Waals surface area contributed by atoms with Crippen LogP contribution in [0.15, 0.2) is 140 Å². The minimum absolute atomic E-state index is 0.0221. The second-order valence-electron chi connectivity index (χ2n) is 8.37. The van der Waals surface area contributed by atoms with Gasteiger partial charge in [0.15, 0.2) is 6.29 Å². The van der Waals surface area contributed by atoms with Crippen molar-refractivity contribution in [1.29, 1.82) is 0 Å². The highest BCUT2D eigenvalue weighted by Gasteiger charge is 2.26. The smallest absolute Gasteiger partial charge is 0.155 e. The molecule has 0 heterocycles. The van der Waals surface area contributed by atoms with Crippen molar-refractivity contribution in [2.24, 2.45) is 0 Å². The van der Waals surface area contributed by atoms with Crippen molar-refractivity contribution < 1.29 is 4.79 Å². The summed E-state index contributed by atoms with van der Waals surface area (Å²) in [5, 5.41) is 0. The summed E-state index contributed by atoms with van der Waals surface area (Å²) in [6, 6.07) is 48.0. The Morgan fingerprint density at radius 2 is 0.912 bits per heavy atom. The average Bonchev–Trinajstić information content (AvgIpc) is 2.91. The number of benzene rings is 5. The van der Waals surface area contributed by atoms with E-state index >= 15 is 0 Å². The molecule has 34 heavy (non-hydrogen) atoms. The molecule has 1 nitrogen and oxygen atoms in total. The lowest BCUT2D eigenvalue weighted by Crippen LogP contribution is -2.09. The van der Waals surface area contributed by atoms with Crippen LogP contribution in [0.3, 0.4) is 0 Å². The molecular formula is C33H25O+. The molecule has 0 saturated carbocycles. The van der Waals surface area contributed by atoms with Crippen LogP contribution in [0, 0.1) is 5.92 Å². The minimum atomic E-state index is 0.0221. The van der Waals surface area contributed by atoms with Crippen LogP contribution in [0.4, 0.5) is 0 Å². The molecule has 0 bridgehead atoms. The van der Waals surface area contributed by atoms with Crippen LogP contribution in [-0.4, -0.2) is 6.29 Å². The zero-order valence-electron chi connectivity index (χ0n) is 18.8. The van der Waals surface area contributed by atoms with E-state index < -0.39 is 0 Å². The Bertz CT molecular complexity index is 1160. The summed E-state index contributed by atoms with van der Waals surface area (Å²) in [5.74, 6) is 1.14. The first kappa shape index (κ1) is 21.5. The van der Waals surface area contributed by atoms with Gasteiger partial charge in [-0.1, -0.05) is 72.8 Å². The molecule has 0 aromatic heterocycles. The zero-order valence-corrected chi connectivity index (χ0v) is 18.8. The third-order valence-electron chi connectivity index (χ3n) is 6.13. The van der Waals surface area contributed by atoms with Gasteiger partial charge >= 0.3 is 0 Å². The summed E-state index contributed by atoms with van der Waals surface area (Å²) < 4.78 is 0. The highest BCUT2D eigenvalue weighted by Crippen LogP contribution is 2.37. The Kier molecular flexibility index (Phi) is 6.36. The molecule has 0 spiro atoms. The molecule has 0 amide bonds. The SMILES string of the molecule is O=Cc1cc([C+](c2ccccc2)c2ccccc2)cc(C(c2ccccc2)c2ccccc2)c1. The monoisotopic (exact) mass is 437 g/mol. The Morgan fingerprint density at radius 3 is 1.35 bits per heavy atom. The largest absolute Gasteiger partial charge is 0.297 e. The lowest BCUT2D eigenvalue weighted by atomic mass is 9.80. The minimum Gasteiger partial charge on any atom is -0.297 e. The van der Waals surface area contributed by atoms with Gasteiger partial charge in [0.05, 0.1) is 22.6 Å². The molecule has 0 N–H and O–H groups in total. The molecule has 5 rings (SSSR count). The van der Waals surface area contributed by atoms with E-state index in [1.54, 1.807) is 0 Å². The molecule has 162 valence electrons. The van der Waals surface area contributed by atoms with Crippen LogP contribution in [-0.2, 0) is 0 Å². The zero-order chi connectivity index (χ0) is 23.2. The highest BCUT2D eigenvalue weighted by molar-refractivity contribution is 5.77. The Balaban J connectivity index is 1.72. The standard InChI is InChI=1S/C33H25O/c34-24-25-21-30(32(26-13-5-1-6-14-26)27-15-7-2-8-16-27)23-31(22-25)33(28-17-9-3-10-18-28)29-19-11-4-12-20-29/h1-24,32H/q+1. The predicted molar refractivity (Wildman–Crippen MR) is 139 cm³/mol. The second-order valence-corrected chi connectivity index (χ2v) is 8.37. The molecule has 5 aromatic carbocycles. The van der Waals surface area contributed by atoms with E-state index in [9.17, 15) is 4.79 Å². The van der Waals surface area contributed by atoms with Crippen molar-refractivity contribution >= 4 is 6.29 Å². The molecule has 5 aromatic rings. The van der Waals surface area contributed by atoms with E-state index in [0.717, 1.165) is 34.5 Å². The van der Waals surface area contributed by atoms with E-state index in [4.69, 9.17) is 0 Å². The molecule has 0 radical (unpaired) electrons. The number of hydrogen-bond acceptors (Lipinski definition) is 1. The first-order valence-electron chi connectivity index (χ1n) is 11.5. The topological polar surface area (TPSA) is 17.1 Å². The summed E-state index contributed by atoms with van der Waals surface area (Å²) in [6.07, 6.45) is 0.952. The molecule has 0 unspecified atom stereocenters. The summed E-state index contributed by atoms with van der Waals surface area (Å²) in [4.78, 5) is 12.1. The van der Waals surface area contributed by atoms with Crippen LogP contribution in [0.5, 0.6) is 0 Å². The van der Waals surface area contributed by atoms with Crippen molar-refractivity contribution in [3.8, 4) is 0 Å². The third-order valence-corrected chi connectivity index (χ3v) is 6.13. The third kappa shape index (κ3) is 4.55. The van der Waals surface area contributed by atoms with Crippen LogP contribution < -0.4 is 0 Å². The maximum absolute atomic E-state index is 12.1. The highest BCUT2D eigenvalue weighted by atomic mass is 16.1. The molecule has 0 saturated heterocycles. The van der Waals surface area contributed by atoms with E-state index in [1.165, 1.54) is 11.1 Å². The van der Waals surface area contributed by atoms with Gasteiger partial charge in [0.1, 0.15) is 0 Å². The van der Waals surface area contributed by atoms with E-state index in [1.807, 2.05) is 36.4 Å². The van der Waals surface area contributed by atoms with Crippen molar-refractivity contribution in [2.75, 3.05) is 0 Å². The lowest BCUT2D eigenvalue weighted by molar-refractivity contribution is 0.112. The van der Waals surface area contributed by atoms with Gasteiger partial charge < -0.3 is 0 Å². The normalized spacial score (nSPS) is 10.7. The first-order valence-corrected chi connectivity index (χ1v) is 11.5. The predicted octanol–water partition coefficient (Wildman–Crippen LogP) is 7.70. The Hall–Kier alpha value is -4.36. The quantitative estimate of drug-likeness (QED) is 0.145. The van der Waals surface area contributed by atoms with E-state index in [-0.39, 0.29) is 5.92 Å². The van der Waals surface area contributed by atoms with Crippen LogP contribution in [0.25, 0.3) is 0 Å². The summed E-state index contributed by atoms with van der Waals surface area (Å²) in [6.45, 7) is 0. The number of carbonyl (C=O) groups is 1. The van der Waals surface area contributed by atoms with Crippen molar-refractivity contribution in [3.05, 3.63) is 184 Å². The molecule has 0 aliphatic carbocycles. The number of rotatable bonds is 7. The summed E-state index contributed by atoms with van der Waals surface area (Å²) in [5.41, 5.74) is 7.45. The number of carbonyl (C=O) groups excluding carboxylic acids is 1. The van der Waals surface area contributed by atoms with Crippen LogP contribution >= 0.6 is 0 Å². The molecular weight excluding hydrogens is 412 g/mol. The Labute approximate surface area is 201 Å². The molecule has 0 atom stereocenters. The van der Waals surface area contributed by atoms with Gasteiger partial charge in [-0.3, -0.25) is 4.79 Å². The fourth-order valence-corrected chi connectivity index (χ4v) is 4.63. The molecule has 0 aliphatic heterocycles. The van der Waals surface area contributed by atoms with Gasteiger partial charge in [0.25, 0.3) is 0 Å². The van der Waals surface area contributed by atoms with Gasteiger partial charge in [0, 0.05) is 17.5 Å². The van der Waals surface area contributed by atoms with Crippen LogP contribution in [0.2, 0.25) is 0 Å². The summed E-state index contributed by atoms with van der Waals surface area (Å²) >= 11 is 0. The number of hydrogen-bond donors (Lipinski definition) is 0. The van der Waals surface area contributed by atoms with Gasteiger partial charge in [-0.05, 0) is 77.4 Å². The molecule has 1 heteroatoms. The van der Waals surface area contributed by atoms with Gasteiger partial charge in [-0.25, -0.2) is 0 Å².